The van der Waals surface area contributed by atoms with Gasteiger partial charge in [-0.2, -0.15) is 0 Å². The molecule has 0 atom stereocenters. The molecule has 0 spiro atoms. The molecular weight excluding hydrogens is 533 g/mol. The maximum atomic E-state index is 12.6. The molecule has 1 saturated heterocycles. The van der Waals surface area contributed by atoms with Gasteiger partial charge in [-0.25, -0.2) is 4.99 Å². The fourth-order valence-electron chi connectivity index (χ4n) is 3.55. The van der Waals surface area contributed by atoms with Crippen molar-refractivity contribution >= 4 is 41.8 Å². The standard InChI is InChI=1S/C24H31N5O3.HI/c1-4-25-24(28(2)16-20-7-5-6-8-21(20)32-3)27-15-18-9-11-19(12-10-18)23(31)29-14-13-26-22(30)17-29;/h5-12H,4,13-17H2,1-3H3,(H,25,27)(H,26,30);1H. The number of carbonyl (C=O) groups is 2. The number of aliphatic imine (C=N–C) groups is 1. The van der Waals surface area contributed by atoms with Crippen LogP contribution in [0.15, 0.2) is 53.5 Å². The number of halogens is 1. The number of nitrogens with one attached hydrogen (secondary N) is 2. The normalized spacial score (nSPS) is 13.6. The van der Waals surface area contributed by atoms with E-state index in [-0.39, 0.29) is 42.3 Å². The second-order valence-electron chi connectivity index (χ2n) is 7.61. The summed E-state index contributed by atoms with van der Waals surface area (Å²) in [6.07, 6.45) is 0. The number of nitrogens with zero attached hydrogens (tertiary/aromatic N) is 3. The lowest BCUT2D eigenvalue weighted by Gasteiger charge is -2.26. The van der Waals surface area contributed by atoms with Gasteiger partial charge < -0.3 is 25.2 Å². The first-order valence-corrected chi connectivity index (χ1v) is 10.8. The van der Waals surface area contributed by atoms with Crippen molar-refractivity contribution in [2.75, 3.05) is 40.3 Å². The molecule has 9 heteroatoms. The summed E-state index contributed by atoms with van der Waals surface area (Å²) < 4.78 is 5.46. The van der Waals surface area contributed by atoms with E-state index in [0.29, 0.717) is 31.7 Å². The first-order valence-electron chi connectivity index (χ1n) is 10.8. The summed E-state index contributed by atoms with van der Waals surface area (Å²) >= 11 is 0. The molecule has 0 radical (unpaired) electrons. The Balaban J connectivity index is 0.00000385. The maximum absolute atomic E-state index is 12.6. The van der Waals surface area contributed by atoms with Crippen LogP contribution in [0, 0.1) is 0 Å². The predicted octanol–water partition coefficient (Wildman–Crippen LogP) is 2.48. The molecule has 0 bridgehead atoms. The van der Waals surface area contributed by atoms with E-state index in [4.69, 9.17) is 9.73 Å². The van der Waals surface area contributed by atoms with Crippen molar-refractivity contribution in [3.8, 4) is 5.75 Å². The van der Waals surface area contributed by atoms with Crippen molar-refractivity contribution in [1.82, 2.24) is 20.4 Å². The van der Waals surface area contributed by atoms with E-state index in [0.717, 1.165) is 29.4 Å². The number of carbonyl (C=O) groups excluding carboxylic acids is 2. The summed E-state index contributed by atoms with van der Waals surface area (Å²) in [5.74, 6) is 1.39. The van der Waals surface area contributed by atoms with Crippen molar-refractivity contribution in [3.05, 3.63) is 65.2 Å². The largest absolute Gasteiger partial charge is 0.496 e. The molecule has 33 heavy (non-hydrogen) atoms. The summed E-state index contributed by atoms with van der Waals surface area (Å²) in [7, 11) is 3.66. The first-order chi connectivity index (χ1) is 15.5. The SMILES string of the molecule is CCNC(=NCc1ccc(C(=O)N2CCNC(=O)C2)cc1)N(C)Cc1ccccc1OC.I. The number of hydrogen-bond donors (Lipinski definition) is 2. The number of rotatable bonds is 7. The van der Waals surface area contributed by atoms with Gasteiger partial charge in [-0.05, 0) is 30.7 Å². The van der Waals surface area contributed by atoms with Gasteiger partial charge in [0.25, 0.3) is 5.91 Å². The molecule has 0 unspecified atom stereocenters. The summed E-state index contributed by atoms with van der Waals surface area (Å²) in [4.78, 5) is 32.5. The van der Waals surface area contributed by atoms with Crippen molar-refractivity contribution in [2.24, 2.45) is 4.99 Å². The zero-order valence-corrected chi connectivity index (χ0v) is 21.7. The van der Waals surface area contributed by atoms with E-state index in [1.807, 2.05) is 50.4 Å². The summed E-state index contributed by atoms with van der Waals surface area (Å²) in [6.45, 7) is 5.06. The van der Waals surface area contributed by atoms with Crippen LogP contribution in [-0.4, -0.2) is 67.9 Å². The lowest BCUT2D eigenvalue weighted by molar-refractivity contribution is -0.123. The van der Waals surface area contributed by atoms with E-state index in [1.165, 1.54) is 0 Å². The van der Waals surface area contributed by atoms with E-state index in [2.05, 4.69) is 15.5 Å². The maximum Gasteiger partial charge on any atom is 0.254 e. The highest BCUT2D eigenvalue weighted by Gasteiger charge is 2.22. The van der Waals surface area contributed by atoms with E-state index < -0.39 is 0 Å². The Kier molecular flexibility index (Phi) is 10.4. The Labute approximate surface area is 212 Å². The second kappa shape index (κ2) is 13.0. The molecule has 2 aromatic carbocycles. The van der Waals surface area contributed by atoms with E-state index in [1.54, 1.807) is 24.1 Å². The minimum Gasteiger partial charge on any atom is -0.496 e. The third kappa shape index (κ3) is 7.34. The number of methoxy groups -OCH3 is 1. The van der Waals surface area contributed by atoms with Gasteiger partial charge in [-0.3, -0.25) is 9.59 Å². The molecule has 2 aromatic rings. The average Bonchev–Trinajstić information content (AvgIpc) is 2.82. The fraction of sp³-hybridized carbons (Fsp3) is 0.375. The van der Waals surface area contributed by atoms with Crippen LogP contribution in [0.2, 0.25) is 0 Å². The molecule has 0 saturated carbocycles. The average molecular weight is 565 g/mol. The van der Waals surface area contributed by atoms with Gasteiger partial charge in [0.2, 0.25) is 5.91 Å². The zero-order valence-electron chi connectivity index (χ0n) is 19.3. The molecule has 0 aliphatic carbocycles. The van der Waals surface area contributed by atoms with E-state index in [9.17, 15) is 9.59 Å². The molecule has 0 aromatic heterocycles. The summed E-state index contributed by atoms with van der Waals surface area (Å²) in [6, 6.07) is 15.4. The molecule has 1 aliphatic rings. The van der Waals surface area contributed by atoms with Crippen LogP contribution in [0.1, 0.15) is 28.4 Å². The van der Waals surface area contributed by atoms with Crippen molar-refractivity contribution in [1.29, 1.82) is 0 Å². The minimum absolute atomic E-state index is 0. The van der Waals surface area contributed by atoms with Crippen molar-refractivity contribution in [2.45, 2.75) is 20.0 Å². The van der Waals surface area contributed by atoms with Gasteiger partial charge in [0.1, 0.15) is 5.75 Å². The van der Waals surface area contributed by atoms with Gasteiger partial charge in [-0.1, -0.05) is 30.3 Å². The number of hydrogen-bond acceptors (Lipinski definition) is 4. The van der Waals surface area contributed by atoms with Crippen LogP contribution < -0.4 is 15.4 Å². The molecule has 1 aliphatic heterocycles. The zero-order chi connectivity index (χ0) is 22.9. The molecule has 8 nitrogen and oxygen atoms in total. The van der Waals surface area contributed by atoms with Crippen molar-refractivity contribution < 1.29 is 14.3 Å². The third-order valence-corrected chi connectivity index (χ3v) is 5.23. The summed E-state index contributed by atoms with van der Waals surface area (Å²) in [5, 5.41) is 6.05. The van der Waals surface area contributed by atoms with Gasteiger partial charge >= 0.3 is 0 Å². The fourth-order valence-corrected chi connectivity index (χ4v) is 3.55. The number of benzene rings is 2. The molecule has 2 N–H and O–H groups in total. The lowest BCUT2D eigenvalue weighted by Crippen LogP contribution is -2.49. The number of guanidine groups is 1. The number of ether oxygens (including phenoxy) is 1. The van der Waals surface area contributed by atoms with Crippen molar-refractivity contribution in [3.63, 3.8) is 0 Å². The first kappa shape index (κ1) is 26.4. The van der Waals surface area contributed by atoms with Crippen LogP contribution in [0.4, 0.5) is 0 Å². The Morgan fingerprint density at radius 2 is 1.94 bits per heavy atom. The third-order valence-electron chi connectivity index (χ3n) is 5.23. The van der Waals surface area contributed by atoms with Gasteiger partial charge in [-0.15, -0.1) is 24.0 Å². The number of piperazine rings is 1. The highest BCUT2D eigenvalue weighted by molar-refractivity contribution is 14.0. The molecule has 1 heterocycles. The van der Waals surface area contributed by atoms with Crippen LogP contribution in [0.5, 0.6) is 5.75 Å². The Bertz CT molecular complexity index is 965. The Morgan fingerprint density at radius 1 is 1.21 bits per heavy atom. The molecule has 2 amide bonds. The number of amides is 2. The predicted molar refractivity (Wildman–Crippen MR) is 140 cm³/mol. The number of para-hydroxylation sites is 1. The van der Waals surface area contributed by atoms with Crippen LogP contribution in [-0.2, 0) is 17.9 Å². The Morgan fingerprint density at radius 3 is 2.61 bits per heavy atom. The highest BCUT2D eigenvalue weighted by Crippen LogP contribution is 2.19. The molecule has 178 valence electrons. The van der Waals surface area contributed by atoms with Crippen LogP contribution >= 0.6 is 24.0 Å². The van der Waals surface area contributed by atoms with Gasteiger partial charge in [0.05, 0.1) is 20.2 Å². The quantitative estimate of drug-likeness (QED) is 0.306. The topological polar surface area (TPSA) is 86.3 Å². The van der Waals surface area contributed by atoms with Gasteiger partial charge in [0, 0.05) is 44.4 Å². The van der Waals surface area contributed by atoms with Crippen LogP contribution in [0.25, 0.3) is 0 Å². The molecule has 3 rings (SSSR count). The van der Waals surface area contributed by atoms with Gasteiger partial charge in [0.15, 0.2) is 5.96 Å². The van der Waals surface area contributed by atoms with Crippen LogP contribution in [0.3, 0.4) is 0 Å². The minimum atomic E-state index is -0.125. The lowest BCUT2D eigenvalue weighted by atomic mass is 10.1. The highest BCUT2D eigenvalue weighted by atomic mass is 127. The molecular formula is C24H32IN5O3. The van der Waals surface area contributed by atoms with E-state index >= 15 is 0 Å². The smallest absolute Gasteiger partial charge is 0.254 e. The second-order valence-corrected chi connectivity index (χ2v) is 7.61. The Hall–Kier alpha value is -2.82. The summed E-state index contributed by atoms with van der Waals surface area (Å²) in [5.41, 5.74) is 2.66. The molecule has 1 fully saturated rings. The monoisotopic (exact) mass is 565 g/mol.